The van der Waals surface area contributed by atoms with Crippen molar-refractivity contribution in [3.05, 3.63) is 29.0 Å². The number of aromatic nitrogens is 2. The van der Waals surface area contributed by atoms with E-state index in [1.54, 1.807) is 0 Å². The molecule has 2 rings (SSSR count). The van der Waals surface area contributed by atoms with Crippen LogP contribution < -0.4 is 0 Å². The molecule has 2 unspecified atom stereocenters. The lowest BCUT2D eigenvalue weighted by atomic mass is 10.2. The molecule has 0 saturated heterocycles. The number of imidazole rings is 1. The number of benzene rings is 1. The van der Waals surface area contributed by atoms with Crippen LogP contribution in [-0.4, -0.2) is 34.6 Å². The van der Waals surface area contributed by atoms with E-state index in [-0.39, 0.29) is 5.38 Å². The van der Waals surface area contributed by atoms with E-state index < -0.39 is 0 Å². The molecule has 0 aliphatic heterocycles. The van der Waals surface area contributed by atoms with Crippen molar-refractivity contribution in [2.24, 2.45) is 0 Å². The second-order valence-corrected chi connectivity index (χ2v) is 6.18. The van der Waals surface area contributed by atoms with Gasteiger partial charge in [0.2, 0.25) is 0 Å². The fraction of sp³-hybridized carbons (Fsp3) is 0.500. The molecule has 0 aliphatic carbocycles. The van der Waals surface area contributed by atoms with E-state index in [1.165, 1.54) is 0 Å². The third kappa shape index (κ3) is 2.88. The average molecular weight is 300 g/mol. The number of fused-ring (bicyclic) bond motifs is 1. The Balaban J connectivity index is 2.57. The lowest BCUT2D eigenvalue weighted by Gasteiger charge is -2.22. The van der Waals surface area contributed by atoms with Gasteiger partial charge in [0.25, 0.3) is 0 Å². The average Bonchev–Trinajstić information content (AvgIpc) is 2.69. The number of nitrogens with zero attached hydrogens (tertiary/aromatic N) is 3. The van der Waals surface area contributed by atoms with Gasteiger partial charge < -0.3 is 9.47 Å². The summed E-state index contributed by atoms with van der Waals surface area (Å²) in [6.45, 7) is 4.93. The van der Waals surface area contributed by atoms with Gasteiger partial charge in [-0.25, -0.2) is 4.98 Å². The molecule has 104 valence electrons. The van der Waals surface area contributed by atoms with Gasteiger partial charge in [-0.15, -0.1) is 11.6 Å². The van der Waals surface area contributed by atoms with E-state index in [0.717, 1.165) is 28.4 Å². The van der Waals surface area contributed by atoms with Crippen molar-refractivity contribution in [1.29, 1.82) is 0 Å². The van der Waals surface area contributed by atoms with Crippen molar-refractivity contribution < 1.29 is 0 Å². The molecule has 2 aromatic rings. The molecule has 0 aliphatic rings. The van der Waals surface area contributed by atoms with Crippen LogP contribution in [0.5, 0.6) is 0 Å². The minimum absolute atomic E-state index is 0.141. The Kier molecular flexibility index (Phi) is 4.39. The number of hydrogen-bond donors (Lipinski definition) is 0. The Labute approximate surface area is 124 Å². The quantitative estimate of drug-likeness (QED) is 0.797. The summed E-state index contributed by atoms with van der Waals surface area (Å²) in [5.74, 6) is 0.874. The lowest BCUT2D eigenvalue weighted by molar-refractivity contribution is 0.284. The van der Waals surface area contributed by atoms with E-state index in [2.05, 4.69) is 35.5 Å². The first-order valence-electron chi connectivity index (χ1n) is 6.37. The van der Waals surface area contributed by atoms with Crippen LogP contribution in [0.15, 0.2) is 18.2 Å². The van der Waals surface area contributed by atoms with Gasteiger partial charge in [-0.2, -0.15) is 0 Å². The second-order valence-electron chi connectivity index (χ2n) is 5.12. The molecular weight excluding hydrogens is 281 g/mol. The highest BCUT2D eigenvalue weighted by Gasteiger charge is 2.19. The lowest BCUT2D eigenvalue weighted by Crippen LogP contribution is -2.29. The molecule has 19 heavy (non-hydrogen) atoms. The maximum absolute atomic E-state index is 6.33. The molecule has 1 aromatic carbocycles. The smallest absolute Gasteiger partial charge is 0.127 e. The summed E-state index contributed by atoms with van der Waals surface area (Å²) in [6.07, 6.45) is 0. The Bertz CT molecular complexity index is 575. The molecule has 1 aromatic heterocycles. The van der Waals surface area contributed by atoms with Crippen LogP contribution in [0.25, 0.3) is 11.0 Å². The number of hydrogen-bond acceptors (Lipinski definition) is 2. The fourth-order valence-corrected chi connectivity index (χ4v) is 2.51. The number of rotatable bonds is 4. The molecule has 0 fully saturated rings. The van der Waals surface area contributed by atoms with Crippen LogP contribution in [0.3, 0.4) is 0 Å². The maximum Gasteiger partial charge on any atom is 0.127 e. The Morgan fingerprint density at radius 3 is 2.58 bits per heavy atom. The van der Waals surface area contributed by atoms with Gasteiger partial charge in [-0.3, -0.25) is 0 Å². The third-order valence-electron chi connectivity index (χ3n) is 3.43. The number of alkyl halides is 1. The summed E-state index contributed by atoms with van der Waals surface area (Å²) in [5.41, 5.74) is 1.88. The summed E-state index contributed by atoms with van der Waals surface area (Å²) in [4.78, 5) is 6.79. The maximum atomic E-state index is 6.33. The second kappa shape index (κ2) is 5.70. The van der Waals surface area contributed by atoms with Gasteiger partial charge in [0.1, 0.15) is 5.82 Å². The highest BCUT2D eigenvalue weighted by Crippen LogP contribution is 2.29. The monoisotopic (exact) mass is 299 g/mol. The van der Waals surface area contributed by atoms with E-state index in [4.69, 9.17) is 23.2 Å². The van der Waals surface area contributed by atoms with E-state index in [9.17, 15) is 0 Å². The summed E-state index contributed by atoms with van der Waals surface area (Å²) in [7, 11) is 4.13. The Morgan fingerprint density at radius 2 is 2.00 bits per heavy atom. The standard InChI is InChI=1S/C14H19Cl2N3/c1-9(18(3)4)8-19-13-11(16)6-5-7-12(13)17-14(19)10(2)15/h5-7,9-10H,8H2,1-4H3. The van der Waals surface area contributed by atoms with Crippen LogP contribution in [0.2, 0.25) is 5.02 Å². The molecule has 0 bridgehead atoms. The predicted octanol–water partition coefficient (Wildman–Crippen LogP) is 3.94. The zero-order chi connectivity index (χ0) is 14.2. The molecule has 2 atom stereocenters. The van der Waals surface area contributed by atoms with Crippen molar-refractivity contribution in [3.8, 4) is 0 Å². The summed E-state index contributed by atoms with van der Waals surface area (Å²) in [6, 6.07) is 6.16. The van der Waals surface area contributed by atoms with Crippen molar-refractivity contribution in [2.75, 3.05) is 14.1 Å². The molecule has 0 N–H and O–H groups in total. The number of halogens is 2. The highest BCUT2D eigenvalue weighted by atomic mass is 35.5. The molecule has 0 saturated carbocycles. The molecule has 0 amide bonds. The van der Waals surface area contributed by atoms with Crippen molar-refractivity contribution >= 4 is 34.2 Å². The molecule has 0 spiro atoms. The Morgan fingerprint density at radius 1 is 1.32 bits per heavy atom. The van der Waals surface area contributed by atoms with Gasteiger partial charge in [-0.1, -0.05) is 17.7 Å². The van der Waals surface area contributed by atoms with Gasteiger partial charge in [0.05, 0.1) is 21.4 Å². The van der Waals surface area contributed by atoms with Crippen molar-refractivity contribution in [3.63, 3.8) is 0 Å². The molecular formula is C14H19Cl2N3. The minimum Gasteiger partial charge on any atom is -0.324 e. The van der Waals surface area contributed by atoms with E-state index in [1.807, 2.05) is 25.1 Å². The molecule has 3 nitrogen and oxygen atoms in total. The molecule has 5 heteroatoms. The van der Waals surface area contributed by atoms with E-state index >= 15 is 0 Å². The first-order valence-corrected chi connectivity index (χ1v) is 7.18. The minimum atomic E-state index is -0.141. The van der Waals surface area contributed by atoms with Crippen LogP contribution in [0.1, 0.15) is 25.0 Å². The first-order chi connectivity index (χ1) is 8.91. The van der Waals surface area contributed by atoms with Crippen LogP contribution in [0.4, 0.5) is 0 Å². The largest absolute Gasteiger partial charge is 0.324 e. The number of likely N-dealkylation sites (N-methyl/N-ethyl adjacent to an activating group) is 1. The number of para-hydroxylation sites is 1. The van der Waals surface area contributed by atoms with Gasteiger partial charge >= 0.3 is 0 Å². The zero-order valence-electron chi connectivity index (χ0n) is 11.7. The summed E-state index contributed by atoms with van der Waals surface area (Å²) < 4.78 is 2.14. The fourth-order valence-electron chi connectivity index (χ4n) is 2.08. The topological polar surface area (TPSA) is 21.1 Å². The highest BCUT2D eigenvalue weighted by molar-refractivity contribution is 6.35. The predicted molar refractivity (Wildman–Crippen MR) is 82.2 cm³/mol. The normalized spacial score (nSPS) is 15.1. The van der Waals surface area contributed by atoms with Crippen LogP contribution in [-0.2, 0) is 6.54 Å². The zero-order valence-corrected chi connectivity index (χ0v) is 13.2. The Hall–Kier alpha value is -0.770. The third-order valence-corrected chi connectivity index (χ3v) is 3.93. The summed E-state index contributed by atoms with van der Waals surface area (Å²) >= 11 is 12.6. The SMILES string of the molecule is CC(Cl)c1nc2cccc(Cl)c2n1CC(C)N(C)C. The van der Waals surface area contributed by atoms with Gasteiger partial charge in [0.15, 0.2) is 0 Å². The van der Waals surface area contributed by atoms with E-state index in [0.29, 0.717) is 6.04 Å². The van der Waals surface area contributed by atoms with Crippen molar-refractivity contribution in [2.45, 2.75) is 31.8 Å². The van der Waals surface area contributed by atoms with Gasteiger partial charge in [0, 0.05) is 12.6 Å². The van der Waals surface area contributed by atoms with Gasteiger partial charge in [-0.05, 0) is 40.1 Å². The first kappa shape index (κ1) is 14.6. The van der Waals surface area contributed by atoms with Crippen molar-refractivity contribution in [1.82, 2.24) is 14.5 Å². The van der Waals surface area contributed by atoms with Crippen LogP contribution >= 0.6 is 23.2 Å². The molecule has 1 heterocycles. The molecule has 0 radical (unpaired) electrons. The van der Waals surface area contributed by atoms with Crippen LogP contribution in [0, 0.1) is 0 Å². The summed E-state index contributed by atoms with van der Waals surface area (Å²) in [5, 5.41) is 0.581.